The van der Waals surface area contributed by atoms with E-state index in [0.29, 0.717) is 25.0 Å². The smallest absolute Gasteiger partial charge is 0.237 e. The second-order valence-electron chi connectivity index (χ2n) is 8.09. The predicted molar refractivity (Wildman–Crippen MR) is 111 cm³/mol. The van der Waals surface area contributed by atoms with Gasteiger partial charge in [0.25, 0.3) is 0 Å². The summed E-state index contributed by atoms with van der Waals surface area (Å²) in [5.74, 6) is 0.579. The molecule has 3 rings (SSSR count). The Hall–Kier alpha value is -1.92. The second kappa shape index (κ2) is 10.0. The van der Waals surface area contributed by atoms with Crippen LogP contribution >= 0.6 is 0 Å². The van der Waals surface area contributed by atoms with Crippen LogP contribution in [0.2, 0.25) is 0 Å². The van der Waals surface area contributed by atoms with E-state index < -0.39 is 0 Å². The van der Waals surface area contributed by atoms with Crippen LogP contribution in [0.4, 0.5) is 0 Å². The minimum Gasteiger partial charge on any atom is -0.354 e. The fourth-order valence-electron chi connectivity index (χ4n) is 3.74. The number of piperazine rings is 1. The van der Waals surface area contributed by atoms with E-state index in [-0.39, 0.29) is 17.9 Å². The molecule has 2 N–H and O–H groups in total. The van der Waals surface area contributed by atoms with Gasteiger partial charge < -0.3 is 10.6 Å². The van der Waals surface area contributed by atoms with E-state index >= 15 is 0 Å². The van der Waals surface area contributed by atoms with Crippen molar-refractivity contribution in [3.05, 3.63) is 35.9 Å². The van der Waals surface area contributed by atoms with Crippen LogP contribution in [0.3, 0.4) is 0 Å². The molecule has 1 saturated heterocycles. The van der Waals surface area contributed by atoms with Gasteiger partial charge in [0, 0.05) is 44.7 Å². The molecule has 154 valence electrons. The van der Waals surface area contributed by atoms with Gasteiger partial charge in [0.05, 0.1) is 12.6 Å². The molecule has 2 aliphatic rings. The molecule has 1 aromatic carbocycles. The molecular formula is C22H34N4O2. The number of carbonyl (C=O) groups is 2. The minimum absolute atomic E-state index is 0.0855. The van der Waals surface area contributed by atoms with Gasteiger partial charge in [0.2, 0.25) is 11.8 Å². The molecule has 2 amide bonds. The van der Waals surface area contributed by atoms with Gasteiger partial charge >= 0.3 is 0 Å². The number of carbonyl (C=O) groups excluding carboxylic acids is 2. The summed E-state index contributed by atoms with van der Waals surface area (Å²) in [6, 6.07) is 10.7. The fraction of sp³-hybridized carbons (Fsp3) is 0.636. The van der Waals surface area contributed by atoms with Crippen LogP contribution in [0.5, 0.6) is 0 Å². The van der Waals surface area contributed by atoms with Crippen LogP contribution in [0.1, 0.15) is 44.6 Å². The van der Waals surface area contributed by atoms with E-state index in [4.69, 9.17) is 0 Å². The largest absolute Gasteiger partial charge is 0.354 e. The first kappa shape index (κ1) is 20.8. The number of hydrogen-bond acceptors (Lipinski definition) is 4. The van der Waals surface area contributed by atoms with E-state index in [0.717, 1.165) is 45.4 Å². The lowest BCUT2D eigenvalue weighted by Gasteiger charge is -2.37. The average molecular weight is 387 g/mol. The third-order valence-corrected chi connectivity index (χ3v) is 5.93. The third-order valence-electron chi connectivity index (χ3n) is 5.93. The Morgan fingerprint density at radius 2 is 1.79 bits per heavy atom. The summed E-state index contributed by atoms with van der Waals surface area (Å²) in [4.78, 5) is 29.0. The molecule has 1 saturated carbocycles. The number of rotatable bonds is 9. The Bertz CT molecular complexity index is 639. The van der Waals surface area contributed by atoms with E-state index in [1.54, 1.807) is 0 Å². The van der Waals surface area contributed by atoms with Gasteiger partial charge in [-0.3, -0.25) is 19.4 Å². The minimum atomic E-state index is -0.0900. The van der Waals surface area contributed by atoms with Crippen molar-refractivity contribution in [3.8, 4) is 0 Å². The van der Waals surface area contributed by atoms with Crippen molar-refractivity contribution in [3.63, 3.8) is 0 Å². The molecule has 2 unspecified atom stereocenters. The molecule has 1 aliphatic carbocycles. The van der Waals surface area contributed by atoms with Gasteiger partial charge in [-0.2, -0.15) is 0 Å². The van der Waals surface area contributed by atoms with Crippen LogP contribution in [0, 0.1) is 0 Å². The molecule has 2 atom stereocenters. The van der Waals surface area contributed by atoms with Crippen molar-refractivity contribution in [1.82, 2.24) is 20.4 Å². The SMILES string of the molecule is CCC(CNC(=O)CN1CCN(C(C)C(=O)NC2CC2)CC1)c1ccccc1. The van der Waals surface area contributed by atoms with Crippen molar-refractivity contribution in [1.29, 1.82) is 0 Å². The molecular weight excluding hydrogens is 352 g/mol. The van der Waals surface area contributed by atoms with Gasteiger partial charge in [0.15, 0.2) is 0 Å². The Morgan fingerprint density at radius 1 is 1.11 bits per heavy atom. The summed E-state index contributed by atoms with van der Waals surface area (Å²) in [7, 11) is 0. The Morgan fingerprint density at radius 3 is 2.39 bits per heavy atom. The first-order valence-electron chi connectivity index (χ1n) is 10.6. The highest BCUT2D eigenvalue weighted by molar-refractivity contribution is 5.82. The van der Waals surface area contributed by atoms with Crippen molar-refractivity contribution in [2.45, 2.75) is 51.1 Å². The summed E-state index contributed by atoms with van der Waals surface area (Å²) in [5.41, 5.74) is 1.28. The van der Waals surface area contributed by atoms with Crippen molar-refractivity contribution in [2.24, 2.45) is 0 Å². The monoisotopic (exact) mass is 386 g/mol. The van der Waals surface area contributed by atoms with Gasteiger partial charge in [-0.05, 0) is 31.7 Å². The van der Waals surface area contributed by atoms with E-state index in [1.807, 2.05) is 25.1 Å². The molecule has 6 heteroatoms. The zero-order chi connectivity index (χ0) is 19.9. The van der Waals surface area contributed by atoms with Gasteiger partial charge in [0.1, 0.15) is 0 Å². The highest BCUT2D eigenvalue weighted by atomic mass is 16.2. The maximum absolute atomic E-state index is 12.4. The van der Waals surface area contributed by atoms with Crippen LogP contribution < -0.4 is 10.6 Å². The third kappa shape index (κ3) is 6.04. The van der Waals surface area contributed by atoms with Crippen molar-refractivity contribution in [2.75, 3.05) is 39.3 Å². The zero-order valence-electron chi connectivity index (χ0n) is 17.2. The molecule has 0 bridgehead atoms. The predicted octanol–water partition coefficient (Wildman–Crippen LogP) is 1.58. The number of amides is 2. The lowest BCUT2D eigenvalue weighted by Crippen LogP contribution is -2.55. The van der Waals surface area contributed by atoms with E-state index in [2.05, 4.69) is 39.5 Å². The first-order valence-corrected chi connectivity index (χ1v) is 10.6. The molecule has 1 aliphatic heterocycles. The maximum Gasteiger partial charge on any atom is 0.237 e. The van der Waals surface area contributed by atoms with Crippen LogP contribution in [-0.2, 0) is 9.59 Å². The van der Waals surface area contributed by atoms with Crippen LogP contribution in [-0.4, -0.2) is 73.0 Å². The standard InChI is InChI=1S/C22H34N4O2/c1-3-18(19-7-5-4-6-8-19)15-23-21(27)16-25-11-13-26(14-12-25)17(2)22(28)24-20-9-10-20/h4-8,17-18,20H,3,9-16H2,1-2H3,(H,23,27)(H,24,28). The number of hydrogen-bond donors (Lipinski definition) is 2. The molecule has 28 heavy (non-hydrogen) atoms. The second-order valence-corrected chi connectivity index (χ2v) is 8.09. The average Bonchev–Trinajstić information content (AvgIpc) is 3.53. The quantitative estimate of drug-likeness (QED) is 0.676. The normalized spacial score (nSPS) is 20.4. The number of nitrogens with zero attached hydrogens (tertiary/aromatic N) is 2. The van der Waals surface area contributed by atoms with Gasteiger partial charge in [-0.15, -0.1) is 0 Å². The lowest BCUT2D eigenvalue weighted by molar-refractivity contribution is -0.128. The highest BCUT2D eigenvalue weighted by Gasteiger charge is 2.30. The highest BCUT2D eigenvalue weighted by Crippen LogP contribution is 2.19. The summed E-state index contributed by atoms with van der Waals surface area (Å²) >= 11 is 0. The van der Waals surface area contributed by atoms with Crippen molar-refractivity contribution >= 4 is 11.8 Å². The summed E-state index contributed by atoms with van der Waals surface area (Å²) in [5, 5.41) is 6.18. The lowest BCUT2D eigenvalue weighted by atomic mass is 9.96. The van der Waals surface area contributed by atoms with Crippen molar-refractivity contribution < 1.29 is 9.59 Å². The molecule has 6 nitrogen and oxygen atoms in total. The topological polar surface area (TPSA) is 64.7 Å². The fourth-order valence-corrected chi connectivity index (χ4v) is 3.74. The summed E-state index contributed by atoms with van der Waals surface area (Å²) < 4.78 is 0. The number of benzene rings is 1. The molecule has 1 heterocycles. The molecule has 2 fully saturated rings. The molecule has 0 spiro atoms. The molecule has 1 aromatic rings. The Balaban J connectivity index is 1.36. The first-order chi connectivity index (χ1) is 13.6. The summed E-state index contributed by atoms with van der Waals surface area (Å²) in [6.07, 6.45) is 3.23. The molecule has 0 aromatic heterocycles. The van der Waals surface area contributed by atoms with Gasteiger partial charge in [-0.1, -0.05) is 37.3 Å². The van der Waals surface area contributed by atoms with E-state index in [9.17, 15) is 9.59 Å². The maximum atomic E-state index is 12.4. The summed E-state index contributed by atoms with van der Waals surface area (Å²) in [6.45, 7) is 8.55. The number of nitrogens with one attached hydrogen (secondary N) is 2. The van der Waals surface area contributed by atoms with Crippen LogP contribution in [0.15, 0.2) is 30.3 Å². The van der Waals surface area contributed by atoms with E-state index in [1.165, 1.54) is 5.56 Å². The Labute approximate surface area is 168 Å². The van der Waals surface area contributed by atoms with Crippen LogP contribution in [0.25, 0.3) is 0 Å². The zero-order valence-corrected chi connectivity index (χ0v) is 17.2. The molecule has 0 radical (unpaired) electrons. The Kier molecular flexibility index (Phi) is 7.45. The van der Waals surface area contributed by atoms with Gasteiger partial charge in [-0.25, -0.2) is 0 Å².